The predicted molar refractivity (Wildman–Crippen MR) is 124 cm³/mol. The SMILES string of the molecule is C[Si](C)(C)CCOCn1c(C(=O)O)nc(-c2ccc(Cl)cc2)c1-c1ccc(Cl)cc1. The number of nitrogens with zero attached hydrogens (tertiary/aromatic N) is 2. The summed E-state index contributed by atoms with van der Waals surface area (Å²) < 4.78 is 7.50. The zero-order valence-corrected chi connectivity index (χ0v) is 19.7. The lowest BCUT2D eigenvalue weighted by atomic mass is 10.0. The van der Waals surface area contributed by atoms with E-state index >= 15 is 0 Å². The van der Waals surface area contributed by atoms with Gasteiger partial charge in [0.25, 0.3) is 0 Å². The third-order valence-corrected chi connectivity index (χ3v) is 6.82. The molecule has 0 fully saturated rings. The first kappa shape index (κ1) is 22.6. The van der Waals surface area contributed by atoms with E-state index in [2.05, 4.69) is 24.6 Å². The van der Waals surface area contributed by atoms with Crippen molar-refractivity contribution >= 4 is 37.2 Å². The van der Waals surface area contributed by atoms with Crippen LogP contribution in [0.25, 0.3) is 22.5 Å². The van der Waals surface area contributed by atoms with E-state index in [0.29, 0.717) is 28.0 Å². The van der Waals surface area contributed by atoms with Gasteiger partial charge in [-0.05, 0) is 30.3 Å². The van der Waals surface area contributed by atoms with Gasteiger partial charge in [-0.25, -0.2) is 9.78 Å². The first-order valence-corrected chi connectivity index (χ1v) is 14.1. The molecule has 0 saturated carbocycles. The molecule has 0 atom stereocenters. The minimum absolute atomic E-state index is 0.0714. The van der Waals surface area contributed by atoms with Gasteiger partial charge in [0.15, 0.2) is 0 Å². The monoisotopic (exact) mass is 462 g/mol. The van der Waals surface area contributed by atoms with Crippen LogP contribution in [0.4, 0.5) is 0 Å². The Morgan fingerprint density at radius 1 is 1.00 bits per heavy atom. The molecule has 3 rings (SSSR count). The second kappa shape index (κ2) is 9.35. The molecule has 1 N–H and O–H groups in total. The van der Waals surface area contributed by atoms with Crippen molar-refractivity contribution in [3.8, 4) is 22.5 Å². The lowest BCUT2D eigenvalue weighted by Gasteiger charge is -2.17. The van der Waals surface area contributed by atoms with Crippen LogP contribution in [0.5, 0.6) is 0 Å². The van der Waals surface area contributed by atoms with Gasteiger partial charge in [-0.2, -0.15) is 0 Å². The molecule has 0 aliphatic carbocycles. The van der Waals surface area contributed by atoms with Crippen LogP contribution < -0.4 is 0 Å². The molecule has 5 nitrogen and oxygen atoms in total. The van der Waals surface area contributed by atoms with Crippen LogP contribution in [0.15, 0.2) is 48.5 Å². The molecule has 0 spiro atoms. The Kier molecular flexibility index (Phi) is 7.03. The van der Waals surface area contributed by atoms with Crippen LogP contribution in [0.3, 0.4) is 0 Å². The Balaban J connectivity index is 2.09. The number of hydrogen-bond donors (Lipinski definition) is 1. The first-order chi connectivity index (χ1) is 14.2. The second-order valence-corrected chi connectivity index (χ2v) is 14.7. The van der Waals surface area contributed by atoms with E-state index in [1.54, 1.807) is 28.8 Å². The van der Waals surface area contributed by atoms with Crippen molar-refractivity contribution in [3.05, 3.63) is 64.4 Å². The van der Waals surface area contributed by atoms with Crippen LogP contribution in [0.2, 0.25) is 35.7 Å². The molecule has 0 amide bonds. The predicted octanol–water partition coefficient (Wildman–Crippen LogP) is 6.53. The summed E-state index contributed by atoms with van der Waals surface area (Å²) in [6.45, 7) is 7.49. The Morgan fingerprint density at radius 3 is 2.03 bits per heavy atom. The highest BCUT2D eigenvalue weighted by molar-refractivity contribution is 6.76. The van der Waals surface area contributed by atoms with E-state index in [-0.39, 0.29) is 12.6 Å². The summed E-state index contributed by atoms with van der Waals surface area (Å²) in [6, 6.07) is 15.4. The number of carbonyl (C=O) groups is 1. The molecule has 0 unspecified atom stereocenters. The van der Waals surface area contributed by atoms with Crippen LogP contribution in [-0.2, 0) is 11.5 Å². The number of aromatic nitrogens is 2. The van der Waals surface area contributed by atoms with Crippen molar-refractivity contribution in [1.82, 2.24) is 9.55 Å². The lowest BCUT2D eigenvalue weighted by molar-refractivity contribution is 0.0616. The number of benzene rings is 2. The highest BCUT2D eigenvalue weighted by Crippen LogP contribution is 2.34. The topological polar surface area (TPSA) is 64.3 Å². The molecular weight excluding hydrogens is 439 g/mol. The summed E-state index contributed by atoms with van der Waals surface area (Å²) in [7, 11) is -1.26. The van der Waals surface area contributed by atoms with E-state index in [4.69, 9.17) is 27.9 Å². The van der Waals surface area contributed by atoms with Crippen LogP contribution in [0, 0.1) is 0 Å². The van der Waals surface area contributed by atoms with Crippen LogP contribution in [0.1, 0.15) is 10.6 Å². The Bertz CT molecular complexity index is 1030. The van der Waals surface area contributed by atoms with Gasteiger partial charge in [0.1, 0.15) is 6.73 Å². The Morgan fingerprint density at radius 2 is 1.53 bits per heavy atom. The summed E-state index contributed by atoms with van der Waals surface area (Å²) >= 11 is 12.1. The van der Waals surface area contributed by atoms with Crippen molar-refractivity contribution < 1.29 is 14.6 Å². The van der Waals surface area contributed by atoms with Crippen molar-refractivity contribution in [1.29, 1.82) is 0 Å². The van der Waals surface area contributed by atoms with E-state index in [1.807, 2.05) is 24.3 Å². The van der Waals surface area contributed by atoms with Crippen molar-refractivity contribution in [2.45, 2.75) is 32.4 Å². The smallest absolute Gasteiger partial charge is 0.372 e. The standard InChI is InChI=1S/C22H24Cl2N2O3Si/c1-30(2,3)13-12-29-14-26-20(16-6-10-18(24)11-7-16)19(25-21(26)22(27)28)15-4-8-17(23)9-5-15/h4-11H,12-14H2,1-3H3,(H,27,28). The van der Waals surface area contributed by atoms with E-state index in [1.165, 1.54) is 0 Å². The van der Waals surface area contributed by atoms with Gasteiger partial charge >= 0.3 is 5.97 Å². The third kappa shape index (κ3) is 5.52. The number of carboxylic acid groups (broad SMARTS) is 1. The molecule has 1 aromatic heterocycles. The van der Waals surface area contributed by atoms with Crippen molar-refractivity contribution in [3.63, 3.8) is 0 Å². The minimum Gasteiger partial charge on any atom is -0.475 e. The number of halogens is 2. The number of imidazole rings is 1. The Hall–Kier alpha value is -2.12. The molecule has 0 aliphatic heterocycles. The molecule has 3 aromatic rings. The molecular formula is C22H24Cl2N2O3Si. The highest BCUT2D eigenvalue weighted by Gasteiger charge is 2.24. The zero-order valence-electron chi connectivity index (χ0n) is 17.2. The van der Waals surface area contributed by atoms with E-state index in [0.717, 1.165) is 17.2 Å². The molecule has 2 aromatic carbocycles. The fourth-order valence-electron chi connectivity index (χ4n) is 2.99. The summed E-state index contributed by atoms with van der Waals surface area (Å²) in [4.78, 5) is 16.4. The molecule has 0 aliphatic rings. The molecule has 0 bridgehead atoms. The molecule has 8 heteroatoms. The largest absolute Gasteiger partial charge is 0.475 e. The molecule has 1 heterocycles. The second-order valence-electron chi connectivity index (χ2n) is 8.23. The number of rotatable bonds is 8. The molecule has 0 radical (unpaired) electrons. The van der Waals surface area contributed by atoms with Gasteiger partial charge in [0.05, 0.1) is 11.4 Å². The normalized spacial score (nSPS) is 11.6. The lowest BCUT2D eigenvalue weighted by Crippen LogP contribution is -2.22. The number of ether oxygens (including phenoxy) is 1. The minimum atomic E-state index is -1.26. The summed E-state index contributed by atoms with van der Waals surface area (Å²) in [6.07, 6.45) is 0. The fraction of sp³-hybridized carbons (Fsp3) is 0.273. The maximum atomic E-state index is 12.0. The van der Waals surface area contributed by atoms with Gasteiger partial charge < -0.3 is 9.84 Å². The van der Waals surface area contributed by atoms with E-state index < -0.39 is 14.0 Å². The van der Waals surface area contributed by atoms with Gasteiger partial charge in [0.2, 0.25) is 5.82 Å². The first-order valence-electron chi connectivity index (χ1n) is 9.59. The number of hydrogen-bond acceptors (Lipinski definition) is 3. The number of aromatic carboxylic acids is 1. The average Bonchev–Trinajstić information content (AvgIpc) is 3.05. The summed E-state index contributed by atoms with van der Waals surface area (Å²) in [5, 5.41) is 11.0. The Labute approximate surface area is 187 Å². The van der Waals surface area contributed by atoms with Crippen LogP contribution in [-0.4, -0.2) is 35.3 Å². The molecule has 0 saturated heterocycles. The maximum absolute atomic E-state index is 12.0. The summed E-state index contributed by atoms with van der Waals surface area (Å²) in [5.74, 6) is -1.18. The summed E-state index contributed by atoms with van der Waals surface area (Å²) in [5.41, 5.74) is 2.80. The van der Waals surface area contributed by atoms with Gasteiger partial charge in [0, 0.05) is 35.9 Å². The van der Waals surface area contributed by atoms with Crippen LogP contribution >= 0.6 is 23.2 Å². The molecule has 30 heavy (non-hydrogen) atoms. The highest BCUT2D eigenvalue weighted by atomic mass is 35.5. The van der Waals surface area contributed by atoms with Gasteiger partial charge in [-0.3, -0.25) is 4.57 Å². The van der Waals surface area contributed by atoms with Gasteiger partial charge in [-0.15, -0.1) is 0 Å². The fourth-order valence-corrected chi connectivity index (χ4v) is 3.99. The van der Waals surface area contributed by atoms with E-state index in [9.17, 15) is 9.90 Å². The third-order valence-electron chi connectivity index (χ3n) is 4.61. The van der Waals surface area contributed by atoms with Crippen molar-refractivity contribution in [2.24, 2.45) is 0 Å². The zero-order chi connectivity index (χ0) is 21.9. The van der Waals surface area contributed by atoms with Gasteiger partial charge in [-0.1, -0.05) is 67.1 Å². The number of carboxylic acids is 1. The maximum Gasteiger partial charge on any atom is 0.372 e. The quantitative estimate of drug-likeness (QED) is 0.305. The average molecular weight is 463 g/mol. The molecule has 158 valence electrons. The van der Waals surface area contributed by atoms with Crippen molar-refractivity contribution in [2.75, 3.05) is 6.61 Å².